The molecule has 0 aromatic rings. The Labute approximate surface area is 104 Å². The van der Waals surface area contributed by atoms with Crippen LogP contribution >= 0.6 is 0 Å². The molecule has 0 aromatic heterocycles. The second-order valence-corrected chi connectivity index (χ2v) is 4.42. The van der Waals surface area contributed by atoms with Crippen molar-refractivity contribution in [1.29, 1.82) is 0 Å². The number of nitrogens with two attached hydrogens (primary N) is 1. The summed E-state index contributed by atoms with van der Waals surface area (Å²) in [5.41, 5.74) is 2.73. The van der Waals surface area contributed by atoms with Gasteiger partial charge in [0, 0.05) is 19.7 Å². The number of nitrogens with zero attached hydrogens (tertiary/aromatic N) is 2. The summed E-state index contributed by atoms with van der Waals surface area (Å²) < 4.78 is 5.00. The van der Waals surface area contributed by atoms with Gasteiger partial charge in [-0.25, -0.2) is 10.8 Å². The number of ether oxygens (including phenoxy) is 1. The van der Waals surface area contributed by atoms with E-state index in [1.54, 1.807) is 7.11 Å². The van der Waals surface area contributed by atoms with Crippen LogP contribution in [0.1, 0.15) is 39.0 Å². The Kier molecular flexibility index (Phi) is 6.96. The molecule has 1 rings (SSSR count). The van der Waals surface area contributed by atoms with Crippen LogP contribution in [-0.2, 0) is 4.74 Å². The van der Waals surface area contributed by atoms with Crippen molar-refractivity contribution in [2.75, 3.05) is 26.8 Å². The van der Waals surface area contributed by atoms with Crippen LogP contribution in [-0.4, -0.2) is 43.7 Å². The van der Waals surface area contributed by atoms with Gasteiger partial charge in [0.05, 0.1) is 13.2 Å². The fourth-order valence-electron chi connectivity index (χ4n) is 2.44. The van der Waals surface area contributed by atoms with E-state index in [9.17, 15) is 0 Å². The zero-order chi connectivity index (χ0) is 12.5. The summed E-state index contributed by atoms with van der Waals surface area (Å²) >= 11 is 0. The molecule has 0 spiro atoms. The number of aliphatic imine (C=N–C) groups is 1. The highest BCUT2D eigenvalue weighted by Gasteiger charge is 2.22. The van der Waals surface area contributed by atoms with Gasteiger partial charge in [0.2, 0.25) is 5.96 Å². The number of hydrogen-bond acceptors (Lipinski definition) is 3. The van der Waals surface area contributed by atoms with Crippen LogP contribution in [0.4, 0.5) is 0 Å². The molecule has 0 unspecified atom stereocenters. The van der Waals surface area contributed by atoms with Crippen LogP contribution in [0, 0.1) is 0 Å². The third-order valence-electron chi connectivity index (χ3n) is 3.31. The number of nitrogens with one attached hydrogen (secondary N) is 1. The van der Waals surface area contributed by atoms with Crippen LogP contribution in [0.2, 0.25) is 0 Å². The maximum atomic E-state index is 5.57. The third kappa shape index (κ3) is 4.52. The zero-order valence-electron chi connectivity index (χ0n) is 11.1. The van der Waals surface area contributed by atoms with Gasteiger partial charge in [-0.1, -0.05) is 19.3 Å². The fraction of sp³-hybridized carbons (Fsp3) is 0.917. The van der Waals surface area contributed by atoms with Gasteiger partial charge in [-0.15, -0.1) is 0 Å². The number of hydrazine groups is 1. The molecule has 0 bridgehead atoms. The number of methoxy groups -OCH3 is 1. The Bertz CT molecular complexity index is 227. The van der Waals surface area contributed by atoms with Crippen molar-refractivity contribution in [3.05, 3.63) is 0 Å². The van der Waals surface area contributed by atoms with E-state index in [4.69, 9.17) is 10.6 Å². The van der Waals surface area contributed by atoms with E-state index < -0.39 is 0 Å². The Morgan fingerprint density at radius 3 is 2.65 bits per heavy atom. The van der Waals surface area contributed by atoms with Crippen molar-refractivity contribution in [3.63, 3.8) is 0 Å². The maximum absolute atomic E-state index is 5.57. The molecule has 17 heavy (non-hydrogen) atoms. The van der Waals surface area contributed by atoms with Crippen molar-refractivity contribution < 1.29 is 4.74 Å². The van der Waals surface area contributed by atoms with E-state index in [-0.39, 0.29) is 0 Å². The highest BCUT2D eigenvalue weighted by Crippen LogP contribution is 2.22. The Morgan fingerprint density at radius 1 is 1.41 bits per heavy atom. The van der Waals surface area contributed by atoms with E-state index in [0.717, 1.165) is 12.5 Å². The standard InChI is InChI=1S/C12H26N4O/c1-3-16(11-7-5-4-6-8-11)12(15-13)14-9-10-17-2/h11H,3-10,13H2,1-2H3,(H,14,15). The van der Waals surface area contributed by atoms with Gasteiger partial charge in [0.1, 0.15) is 0 Å². The van der Waals surface area contributed by atoms with E-state index in [0.29, 0.717) is 19.2 Å². The van der Waals surface area contributed by atoms with Crippen molar-refractivity contribution >= 4 is 5.96 Å². The molecule has 0 heterocycles. The van der Waals surface area contributed by atoms with Crippen molar-refractivity contribution in [2.24, 2.45) is 10.8 Å². The lowest BCUT2D eigenvalue weighted by atomic mass is 9.94. The Hall–Kier alpha value is -0.810. The molecule has 1 aliphatic carbocycles. The van der Waals surface area contributed by atoms with Gasteiger partial charge in [-0.3, -0.25) is 5.43 Å². The van der Waals surface area contributed by atoms with Gasteiger partial charge < -0.3 is 9.64 Å². The molecule has 1 fully saturated rings. The molecular weight excluding hydrogens is 216 g/mol. The van der Waals surface area contributed by atoms with Crippen LogP contribution in [0.5, 0.6) is 0 Å². The highest BCUT2D eigenvalue weighted by molar-refractivity contribution is 5.79. The first-order chi connectivity index (χ1) is 8.33. The van der Waals surface area contributed by atoms with Crippen molar-refractivity contribution in [3.8, 4) is 0 Å². The molecule has 0 radical (unpaired) electrons. The maximum Gasteiger partial charge on any atom is 0.208 e. The molecule has 1 aliphatic rings. The number of guanidine groups is 1. The minimum Gasteiger partial charge on any atom is -0.383 e. The van der Waals surface area contributed by atoms with Crippen LogP contribution in [0.25, 0.3) is 0 Å². The van der Waals surface area contributed by atoms with E-state index in [1.165, 1.54) is 32.1 Å². The van der Waals surface area contributed by atoms with Crippen LogP contribution in [0.3, 0.4) is 0 Å². The summed E-state index contributed by atoms with van der Waals surface area (Å²) in [5.74, 6) is 6.38. The molecule has 100 valence electrons. The predicted molar refractivity (Wildman–Crippen MR) is 70.8 cm³/mol. The topological polar surface area (TPSA) is 62.9 Å². The minimum atomic E-state index is 0.589. The smallest absolute Gasteiger partial charge is 0.208 e. The average molecular weight is 242 g/mol. The second kappa shape index (κ2) is 8.31. The Balaban J connectivity index is 2.57. The first-order valence-electron chi connectivity index (χ1n) is 6.60. The SMILES string of the molecule is CCN(C(=NCCOC)NN)C1CCCCC1. The summed E-state index contributed by atoms with van der Waals surface area (Å²) in [4.78, 5) is 6.75. The minimum absolute atomic E-state index is 0.589. The first-order valence-corrected chi connectivity index (χ1v) is 6.60. The fourth-order valence-corrected chi connectivity index (χ4v) is 2.44. The van der Waals surface area contributed by atoms with Gasteiger partial charge in [-0.05, 0) is 19.8 Å². The van der Waals surface area contributed by atoms with Gasteiger partial charge in [0.25, 0.3) is 0 Å². The molecule has 0 atom stereocenters. The molecule has 1 saturated carbocycles. The lowest BCUT2D eigenvalue weighted by Gasteiger charge is -2.35. The molecule has 5 heteroatoms. The quantitative estimate of drug-likeness (QED) is 0.249. The normalized spacial score (nSPS) is 18.2. The van der Waals surface area contributed by atoms with Gasteiger partial charge in [-0.2, -0.15) is 0 Å². The van der Waals surface area contributed by atoms with E-state index >= 15 is 0 Å². The monoisotopic (exact) mass is 242 g/mol. The van der Waals surface area contributed by atoms with Gasteiger partial charge >= 0.3 is 0 Å². The first kappa shape index (κ1) is 14.3. The molecule has 5 nitrogen and oxygen atoms in total. The third-order valence-corrected chi connectivity index (χ3v) is 3.31. The molecule has 3 N–H and O–H groups in total. The molecular formula is C12H26N4O. The van der Waals surface area contributed by atoms with E-state index in [2.05, 4.69) is 22.2 Å². The lowest BCUT2D eigenvalue weighted by molar-refractivity contribution is 0.206. The van der Waals surface area contributed by atoms with Crippen LogP contribution < -0.4 is 11.3 Å². The molecule has 0 aliphatic heterocycles. The summed E-state index contributed by atoms with van der Waals surface area (Å²) in [7, 11) is 1.68. The summed E-state index contributed by atoms with van der Waals surface area (Å²) in [5, 5.41) is 0. The largest absolute Gasteiger partial charge is 0.383 e. The summed E-state index contributed by atoms with van der Waals surface area (Å²) in [6.07, 6.45) is 6.49. The van der Waals surface area contributed by atoms with Gasteiger partial charge in [0.15, 0.2) is 0 Å². The molecule has 0 aromatic carbocycles. The highest BCUT2D eigenvalue weighted by atomic mass is 16.5. The lowest BCUT2D eigenvalue weighted by Crippen LogP contribution is -2.50. The number of hydrogen-bond donors (Lipinski definition) is 2. The second-order valence-electron chi connectivity index (χ2n) is 4.42. The van der Waals surface area contributed by atoms with Crippen molar-refractivity contribution in [2.45, 2.75) is 45.1 Å². The predicted octanol–water partition coefficient (Wildman–Crippen LogP) is 1.11. The van der Waals surface area contributed by atoms with Crippen LogP contribution in [0.15, 0.2) is 4.99 Å². The van der Waals surface area contributed by atoms with E-state index in [1.807, 2.05) is 0 Å². The Morgan fingerprint density at radius 2 is 2.12 bits per heavy atom. The van der Waals surface area contributed by atoms with Crippen molar-refractivity contribution in [1.82, 2.24) is 10.3 Å². The average Bonchev–Trinajstić information content (AvgIpc) is 2.39. The summed E-state index contributed by atoms with van der Waals surface area (Å²) in [6.45, 7) is 4.38. The zero-order valence-corrected chi connectivity index (χ0v) is 11.1. The number of rotatable bonds is 5. The summed E-state index contributed by atoms with van der Waals surface area (Å²) in [6, 6.07) is 0.589. The molecule has 0 amide bonds. The molecule has 0 saturated heterocycles.